The van der Waals surface area contributed by atoms with Crippen molar-refractivity contribution in [2.75, 3.05) is 6.61 Å². The number of aliphatic hydroxyl groups is 1. The van der Waals surface area contributed by atoms with Crippen molar-refractivity contribution in [3.8, 4) is 5.75 Å². The zero-order chi connectivity index (χ0) is 14.7. The third-order valence-corrected chi connectivity index (χ3v) is 4.58. The van der Waals surface area contributed by atoms with Gasteiger partial charge in [0, 0.05) is 5.56 Å². The van der Waals surface area contributed by atoms with Crippen LogP contribution in [0.15, 0.2) is 24.3 Å². The van der Waals surface area contributed by atoms with Gasteiger partial charge in [0.05, 0.1) is 24.7 Å². The number of benzene rings is 1. The zero-order valence-corrected chi connectivity index (χ0v) is 12.3. The van der Waals surface area contributed by atoms with Crippen molar-refractivity contribution >= 4 is 5.91 Å². The molecule has 1 saturated carbocycles. The van der Waals surface area contributed by atoms with Crippen LogP contribution in [0.3, 0.4) is 0 Å². The third kappa shape index (κ3) is 3.21. The van der Waals surface area contributed by atoms with E-state index in [-0.39, 0.29) is 17.9 Å². The van der Waals surface area contributed by atoms with Gasteiger partial charge < -0.3 is 15.2 Å². The number of para-hydroxylation sites is 1. The van der Waals surface area contributed by atoms with Gasteiger partial charge in [0.2, 0.25) is 5.91 Å². The summed E-state index contributed by atoms with van der Waals surface area (Å²) in [6.45, 7) is 0.572. The number of ether oxygens (including phenoxy) is 1. The standard InChI is InChI=1S/C17H23NO3/c19-15-8-3-1-2-7-14(15)18-17(20)13-10-11-21-16-9-5-4-6-12(13)16/h4-6,9,13-15,19H,1-3,7-8,10-11H2,(H,18,20). The number of carbonyl (C=O) groups is 1. The highest BCUT2D eigenvalue weighted by molar-refractivity contribution is 5.85. The molecular weight excluding hydrogens is 266 g/mol. The summed E-state index contributed by atoms with van der Waals surface area (Å²) in [5, 5.41) is 13.2. The molecule has 1 fully saturated rings. The van der Waals surface area contributed by atoms with E-state index in [0.29, 0.717) is 13.0 Å². The molecule has 21 heavy (non-hydrogen) atoms. The molecule has 0 saturated heterocycles. The topological polar surface area (TPSA) is 58.6 Å². The molecule has 1 aliphatic carbocycles. The minimum atomic E-state index is -0.411. The van der Waals surface area contributed by atoms with Crippen LogP contribution in [0.2, 0.25) is 0 Å². The van der Waals surface area contributed by atoms with Gasteiger partial charge in [0.15, 0.2) is 0 Å². The van der Waals surface area contributed by atoms with Crippen molar-refractivity contribution in [2.24, 2.45) is 0 Å². The lowest BCUT2D eigenvalue weighted by molar-refractivity contribution is -0.124. The van der Waals surface area contributed by atoms with Crippen LogP contribution in [0.5, 0.6) is 5.75 Å². The quantitative estimate of drug-likeness (QED) is 0.822. The molecule has 3 atom stereocenters. The van der Waals surface area contributed by atoms with Gasteiger partial charge in [-0.1, -0.05) is 37.5 Å². The third-order valence-electron chi connectivity index (χ3n) is 4.58. The number of nitrogens with one attached hydrogen (secondary N) is 1. The fraction of sp³-hybridized carbons (Fsp3) is 0.588. The van der Waals surface area contributed by atoms with E-state index < -0.39 is 6.10 Å². The Balaban J connectivity index is 1.71. The molecule has 1 amide bonds. The summed E-state index contributed by atoms with van der Waals surface area (Å²) in [6, 6.07) is 7.63. The van der Waals surface area contributed by atoms with E-state index in [1.165, 1.54) is 0 Å². The Morgan fingerprint density at radius 3 is 2.86 bits per heavy atom. The summed E-state index contributed by atoms with van der Waals surface area (Å²) >= 11 is 0. The average Bonchev–Trinajstić information content (AvgIpc) is 2.71. The summed E-state index contributed by atoms with van der Waals surface area (Å²) in [5.41, 5.74) is 0.962. The molecule has 3 rings (SSSR count). The van der Waals surface area contributed by atoms with Crippen LogP contribution in [0.4, 0.5) is 0 Å². The van der Waals surface area contributed by atoms with Crippen molar-refractivity contribution in [3.05, 3.63) is 29.8 Å². The Hall–Kier alpha value is -1.55. The first-order valence-corrected chi connectivity index (χ1v) is 7.96. The molecule has 0 radical (unpaired) electrons. The van der Waals surface area contributed by atoms with Crippen LogP contribution in [0.25, 0.3) is 0 Å². The molecule has 1 heterocycles. The minimum Gasteiger partial charge on any atom is -0.493 e. The summed E-state index contributed by atoms with van der Waals surface area (Å²) in [5.74, 6) is 0.674. The van der Waals surface area contributed by atoms with Gasteiger partial charge in [-0.3, -0.25) is 4.79 Å². The van der Waals surface area contributed by atoms with Crippen LogP contribution < -0.4 is 10.1 Å². The number of fused-ring (bicyclic) bond motifs is 1. The molecule has 0 bridgehead atoms. The Morgan fingerprint density at radius 1 is 1.14 bits per heavy atom. The summed E-state index contributed by atoms with van der Waals surface area (Å²) < 4.78 is 5.61. The second-order valence-electron chi connectivity index (χ2n) is 6.05. The number of hydrogen-bond acceptors (Lipinski definition) is 3. The summed E-state index contributed by atoms with van der Waals surface area (Å²) in [7, 11) is 0. The van der Waals surface area contributed by atoms with E-state index in [9.17, 15) is 9.90 Å². The number of aliphatic hydroxyl groups excluding tert-OH is 1. The molecule has 0 aromatic heterocycles. The SMILES string of the molecule is O=C(NC1CCCCCC1O)C1CCOc2ccccc21. The highest BCUT2D eigenvalue weighted by atomic mass is 16.5. The lowest BCUT2D eigenvalue weighted by Crippen LogP contribution is -2.45. The number of amides is 1. The van der Waals surface area contributed by atoms with Gasteiger partial charge >= 0.3 is 0 Å². The van der Waals surface area contributed by atoms with Gasteiger partial charge in [0.25, 0.3) is 0 Å². The van der Waals surface area contributed by atoms with E-state index in [0.717, 1.165) is 43.4 Å². The van der Waals surface area contributed by atoms with Crippen molar-refractivity contribution in [1.82, 2.24) is 5.32 Å². The zero-order valence-electron chi connectivity index (χ0n) is 12.3. The van der Waals surface area contributed by atoms with Crippen molar-refractivity contribution < 1.29 is 14.6 Å². The smallest absolute Gasteiger partial charge is 0.228 e. The van der Waals surface area contributed by atoms with Crippen molar-refractivity contribution in [3.63, 3.8) is 0 Å². The van der Waals surface area contributed by atoms with Gasteiger partial charge in [-0.2, -0.15) is 0 Å². The molecular formula is C17H23NO3. The van der Waals surface area contributed by atoms with E-state index >= 15 is 0 Å². The second kappa shape index (κ2) is 6.48. The second-order valence-corrected chi connectivity index (χ2v) is 6.05. The Morgan fingerprint density at radius 2 is 1.95 bits per heavy atom. The molecule has 1 aromatic rings. The summed E-state index contributed by atoms with van der Waals surface area (Å²) in [6.07, 6.45) is 5.22. The van der Waals surface area contributed by atoms with Crippen LogP contribution in [-0.4, -0.2) is 29.8 Å². The maximum Gasteiger partial charge on any atom is 0.228 e. The average molecular weight is 289 g/mol. The number of carbonyl (C=O) groups excluding carboxylic acids is 1. The highest BCUT2D eigenvalue weighted by Gasteiger charge is 2.30. The van der Waals surface area contributed by atoms with Gasteiger partial charge in [-0.25, -0.2) is 0 Å². The van der Waals surface area contributed by atoms with Crippen LogP contribution >= 0.6 is 0 Å². The van der Waals surface area contributed by atoms with Crippen LogP contribution in [-0.2, 0) is 4.79 Å². The molecule has 4 heteroatoms. The molecule has 3 unspecified atom stereocenters. The fourth-order valence-electron chi connectivity index (χ4n) is 3.35. The highest BCUT2D eigenvalue weighted by Crippen LogP contribution is 2.33. The van der Waals surface area contributed by atoms with Gasteiger partial charge in [-0.15, -0.1) is 0 Å². The number of hydrogen-bond donors (Lipinski definition) is 2. The van der Waals surface area contributed by atoms with Crippen LogP contribution in [0.1, 0.15) is 50.0 Å². The maximum absolute atomic E-state index is 12.6. The molecule has 0 spiro atoms. The normalized spacial score (nSPS) is 28.9. The minimum absolute atomic E-state index is 0.0247. The van der Waals surface area contributed by atoms with Gasteiger partial charge in [-0.05, 0) is 25.3 Å². The molecule has 1 aliphatic heterocycles. The lowest BCUT2D eigenvalue weighted by atomic mass is 9.91. The molecule has 114 valence electrons. The molecule has 2 aliphatic rings. The van der Waals surface area contributed by atoms with E-state index in [1.54, 1.807) is 0 Å². The summed E-state index contributed by atoms with van der Waals surface area (Å²) in [4.78, 5) is 12.6. The first kappa shape index (κ1) is 14.4. The maximum atomic E-state index is 12.6. The Kier molecular flexibility index (Phi) is 4.44. The molecule has 4 nitrogen and oxygen atoms in total. The fourth-order valence-corrected chi connectivity index (χ4v) is 3.35. The van der Waals surface area contributed by atoms with E-state index in [4.69, 9.17) is 4.74 Å². The number of rotatable bonds is 2. The molecule has 1 aromatic carbocycles. The van der Waals surface area contributed by atoms with E-state index in [2.05, 4.69) is 5.32 Å². The van der Waals surface area contributed by atoms with Gasteiger partial charge in [0.1, 0.15) is 5.75 Å². The molecule has 2 N–H and O–H groups in total. The van der Waals surface area contributed by atoms with Crippen LogP contribution in [0, 0.1) is 0 Å². The first-order valence-electron chi connectivity index (χ1n) is 7.96. The van der Waals surface area contributed by atoms with E-state index in [1.807, 2.05) is 24.3 Å². The Labute approximate surface area is 125 Å². The lowest BCUT2D eigenvalue weighted by Gasteiger charge is -2.28. The predicted molar refractivity (Wildman–Crippen MR) is 80.3 cm³/mol. The van der Waals surface area contributed by atoms with Crippen molar-refractivity contribution in [1.29, 1.82) is 0 Å². The van der Waals surface area contributed by atoms with Crippen molar-refractivity contribution in [2.45, 2.75) is 56.6 Å². The first-order chi connectivity index (χ1) is 10.3. The largest absolute Gasteiger partial charge is 0.493 e. The Bertz CT molecular complexity index is 503. The monoisotopic (exact) mass is 289 g/mol. The predicted octanol–water partition coefficient (Wildman–Crippen LogP) is 2.36.